The van der Waals surface area contributed by atoms with E-state index in [4.69, 9.17) is 27.8 Å². The monoisotopic (exact) mass is 404 g/mol. The summed E-state index contributed by atoms with van der Waals surface area (Å²) in [5, 5.41) is 3.43. The van der Waals surface area contributed by atoms with Gasteiger partial charge in [-0.25, -0.2) is 4.99 Å². The highest BCUT2D eigenvalue weighted by Crippen LogP contribution is 2.35. The maximum Gasteiger partial charge on any atom is 0.199 e. The van der Waals surface area contributed by atoms with Crippen LogP contribution in [-0.2, 0) is 11.3 Å². The van der Waals surface area contributed by atoms with Gasteiger partial charge < -0.3 is 26.4 Å². The predicted molar refractivity (Wildman–Crippen MR) is 111 cm³/mol. The van der Waals surface area contributed by atoms with Crippen molar-refractivity contribution < 1.29 is 4.74 Å². The van der Waals surface area contributed by atoms with E-state index >= 15 is 0 Å². The summed E-state index contributed by atoms with van der Waals surface area (Å²) < 4.78 is 5.45. The highest BCUT2D eigenvalue weighted by Gasteiger charge is 2.44. The van der Waals surface area contributed by atoms with E-state index in [2.05, 4.69) is 44.4 Å². The lowest BCUT2D eigenvalue weighted by Crippen LogP contribution is -2.59. The summed E-state index contributed by atoms with van der Waals surface area (Å²) in [6, 6.07) is 10.6. The Kier molecular flexibility index (Phi) is 5.78. The molecule has 3 aliphatic rings. The number of nitrogens with two attached hydrogens (primary N) is 2. The van der Waals surface area contributed by atoms with Crippen molar-refractivity contribution in [1.82, 2.24) is 15.1 Å². The first-order chi connectivity index (χ1) is 13.6. The Morgan fingerprint density at radius 1 is 1.14 bits per heavy atom. The molecule has 4 rings (SSSR count). The first-order valence-corrected chi connectivity index (χ1v) is 10.3. The van der Waals surface area contributed by atoms with E-state index in [1.54, 1.807) is 0 Å². The third-order valence-corrected chi connectivity index (χ3v) is 6.16. The number of benzene rings is 1. The quantitative estimate of drug-likeness (QED) is 0.653. The minimum absolute atomic E-state index is 0.159. The second-order valence-corrected chi connectivity index (χ2v) is 8.11. The molecule has 1 atom stereocenters. The van der Waals surface area contributed by atoms with Gasteiger partial charge in [0.2, 0.25) is 0 Å². The molecule has 1 aromatic rings. The van der Waals surface area contributed by atoms with E-state index in [0.717, 1.165) is 51.4 Å². The van der Waals surface area contributed by atoms with E-state index in [-0.39, 0.29) is 5.92 Å². The number of amidine groups is 1. The van der Waals surface area contributed by atoms with Crippen molar-refractivity contribution in [3.05, 3.63) is 47.4 Å². The summed E-state index contributed by atoms with van der Waals surface area (Å²) in [4.78, 5) is 9.18. The number of halogens is 1. The van der Waals surface area contributed by atoms with Crippen molar-refractivity contribution in [2.45, 2.75) is 25.0 Å². The molecule has 1 aromatic carbocycles. The molecule has 7 nitrogen and oxygen atoms in total. The first-order valence-electron chi connectivity index (χ1n) is 9.97. The van der Waals surface area contributed by atoms with Crippen molar-refractivity contribution in [2.24, 2.45) is 22.4 Å². The summed E-state index contributed by atoms with van der Waals surface area (Å²) >= 11 is 6.34. The van der Waals surface area contributed by atoms with Crippen molar-refractivity contribution in [2.75, 3.05) is 39.4 Å². The third-order valence-electron chi connectivity index (χ3n) is 5.98. The van der Waals surface area contributed by atoms with Crippen molar-refractivity contribution >= 4 is 16.9 Å². The normalized spacial score (nSPS) is 27.5. The lowest BCUT2D eigenvalue weighted by Gasteiger charge is -2.44. The van der Waals surface area contributed by atoms with Crippen LogP contribution in [0, 0.1) is 5.92 Å². The topological polar surface area (TPSA) is 92.1 Å². The van der Waals surface area contributed by atoms with Crippen LogP contribution in [-0.4, -0.2) is 60.2 Å². The molecule has 0 spiro atoms. The molecule has 3 heterocycles. The predicted octanol–water partition coefficient (Wildman–Crippen LogP) is 1.21. The van der Waals surface area contributed by atoms with Gasteiger partial charge in [0.1, 0.15) is 5.82 Å². The average molecular weight is 405 g/mol. The van der Waals surface area contributed by atoms with E-state index in [0.29, 0.717) is 24.2 Å². The molecule has 0 amide bonds. The van der Waals surface area contributed by atoms with Crippen LogP contribution < -0.4 is 16.8 Å². The number of likely N-dealkylation sites (tertiary alicyclic amines) is 1. The molecule has 0 aliphatic carbocycles. The van der Waals surface area contributed by atoms with Crippen molar-refractivity contribution in [3.8, 4) is 0 Å². The fourth-order valence-electron chi connectivity index (χ4n) is 4.33. The van der Waals surface area contributed by atoms with Gasteiger partial charge in [0, 0.05) is 25.6 Å². The highest BCUT2D eigenvalue weighted by atomic mass is 35.5. The second-order valence-electron chi connectivity index (χ2n) is 7.75. The summed E-state index contributed by atoms with van der Waals surface area (Å²) in [7, 11) is 0. The largest absolute Gasteiger partial charge is 0.396 e. The number of ether oxygens (including phenoxy) is 1. The Bertz CT molecular complexity index is 740. The van der Waals surface area contributed by atoms with Gasteiger partial charge in [0.15, 0.2) is 11.0 Å². The van der Waals surface area contributed by atoms with Gasteiger partial charge in [-0.3, -0.25) is 4.90 Å². The summed E-state index contributed by atoms with van der Waals surface area (Å²) in [6.07, 6.45) is 1.88. The maximum absolute atomic E-state index is 6.79. The van der Waals surface area contributed by atoms with Crippen molar-refractivity contribution in [1.29, 1.82) is 0 Å². The van der Waals surface area contributed by atoms with Crippen LogP contribution in [0.15, 0.2) is 46.8 Å². The van der Waals surface area contributed by atoms with Gasteiger partial charge in [-0.05, 0) is 43.1 Å². The molecule has 152 valence electrons. The molecule has 0 saturated carbocycles. The van der Waals surface area contributed by atoms with E-state index in [1.807, 2.05) is 6.07 Å². The van der Waals surface area contributed by atoms with Crippen LogP contribution in [0.4, 0.5) is 0 Å². The number of aliphatic imine (C=N–C) groups is 1. The Balaban J connectivity index is 1.46. The van der Waals surface area contributed by atoms with Gasteiger partial charge in [-0.1, -0.05) is 30.3 Å². The minimum atomic E-state index is -0.963. The standard InChI is InChI=1S/C20H29ClN6O/c21-19-24-18(27-10-12-28-13-11-27)17(22)20(23,25-19)16-6-8-26(9-7-16)14-15-4-2-1-3-5-15/h1-5,16H,6-14,22-23H2,(H,24,25). The van der Waals surface area contributed by atoms with Crippen LogP contribution >= 0.6 is 11.6 Å². The number of rotatable bonds is 4. The lowest BCUT2D eigenvalue weighted by atomic mass is 9.82. The van der Waals surface area contributed by atoms with E-state index in [1.165, 1.54) is 5.56 Å². The molecule has 28 heavy (non-hydrogen) atoms. The smallest absolute Gasteiger partial charge is 0.199 e. The number of piperidine rings is 1. The molecule has 0 bridgehead atoms. The zero-order valence-corrected chi connectivity index (χ0v) is 16.9. The summed E-state index contributed by atoms with van der Waals surface area (Å²) in [5.41, 5.74) is 14.3. The number of morpholine rings is 1. The fourth-order valence-corrected chi connectivity index (χ4v) is 4.56. The minimum Gasteiger partial charge on any atom is -0.396 e. The zero-order chi connectivity index (χ0) is 19.6. The molecule has 3 aliphatic heterocycles. The van der Waals surface area contributed by atoms with Crippen LogP contribution in [0.1, 0.15) is 18.4 Å². The first kappa shape index (κ1) is 19.5. The Labute approximate surface area is 171 Å². The Hall–Kier alpha value is -1.80. The van der Waals surface area contributed by atoms with Crippen LogP contribution in [0.25, 0.3) is 0 Å². The van der Waals surface area contributed by atoms with E-state index < -0.39 is 5.66 Å². The number of hydrogen-bond donors (Lipinski definition) is 3. The molecule has 0 aromatic heterocycles. The molecule has 5 N–H and O–H groups in total. The average Bonchev–Trinajstić information content (AvgIpc) is 2.72. The zero-order valence-electron chi connectivity index (χ0n) is 16.1. The molecule has 2 saturated heterocycles. The van der Waals surface area contributed by atoms with Crippen LogP contribution in [0.3, 0.4) is 0 Å². The molecule has 8 heteroatoms. The van der Waals surface area contributed by atoms with Gasteiger partial charge in [-0.15, -0.1) is 0 Å². The van der Waals surface area contributed by atoms with Gasteiger partial charge >= 0.3 is 0 Å². The summed E-state index contributed by atoms with van der Waals surface area (Å²) in [5.74, 6) is 0.948. The molecule has 2 fully saturated rings. The highest BCUT2D eigenvalue weighted by molar-refractivity contribution is 6.65. The molecular weight excluding hydrogens is 376 g/mol. The van der Waals surface area contributed by atoms with E-state index in [9.17, 15) is 0 Å². The maximum atomic E-state index is 6.79. The van der Waals surface area contributed by atoms with Gasteiger partial charge in [-0.2, -0.15) is 0 Å². The van der Waals surface area contributed by atoms with Gasteiger partial charge in [0.25, 0.3) is 0 Å². The van der Waals surface area contributed by atoms with Crippen LogP contribution in [0.2, 0.25) is 0 Å². The second kappa shape index (κ2) is 8.29. The number of nitrogens with one attached hydrogen (secondary N) is 1. The Morgan fingerprint density at radius 2 is 1.82 bits per heavy atom. The lowest BCUT2D eigenvalue weighted by molar-refractivity contribution is 0.0492. The van der Waals surface area contributed by atoms with Crippen molar-refractivity contribution in [3.63, 3.8) is 0 Å². The van der Waals surface area contributed by atoms with Crippen LogP contribution in [0.5, 0.6) is 0 Å². The molecular formula is C20H29ClN6O. The summed E-state index contributed by atoms with van der Waals surface area (Å²) in [6.45, 7) is 5.77. The Morgan fingerprint density at radius 3 is 2.50 bits per heavy atom. The number of hydrogen-bond acceptors (Lipinski definition) is 7. The fraction of sp³-hybridized carbons (Fsp3) is 0.550. The number of nitrogens with zero attached hydrogens (tertiary/aromatic N) is 3. The third kappa shape index (κ3) is 3.98. The SMILES string of the molecule is NC1=C(N2CCOCC2)NC(Cl)=NC1(N)C1CCN(Cc2ccccc2)CC1. The molecule has 1 unspecified atom stereocenters. The molecule has 0 radical (unpaired) electrons. The van der Waals surface area contributed by atoms with Gasteiger partial charge in [0.05, 0.1) is 18.9 Å².